The summed E-state index contributed by atoms with van der Waals surface area (Å²) in [4.78, 5) is 4.53. The number of nitriles is 1. The van der Waals surface area contributed by atoms with Crippen LogP contribution in [0.2, 0.25) is 0 Å². The van der Waals surface area contributed by atoms with Gasteiger partial charge in [-0.15, -0.1) is 0 Å². The quantitative estimate of drug-likeness (QED) is 0.667. The van der Waals surface area contributed by atoms with Crippen LogP contribution in [0, 0.1) is 11.3 Å². The second-order valence-corrected chi connectivity index (χ2v) is 4.60. The van der Waals surface area contributed by atoms with Crippen molar-refractivity contribution in [1.29, 1.82) is 5.26 Å². The molecule has 0 amide bonds. The van der Waals surface area contributed by atoms with Gasteiger partial charge in [-0.2, -0.15) is 10.4 Å². The van der Waals surface area contributed by atoms with Crippen LogP contribution in [-0.2, 0) is 14.1 Å². The first-order chi connectivity index (χ1) is 9.69. The molecule has 0 fully saturated rings. The lowest BCUT2D eigenvalue weighted by atomic mass is 10.2. The van der Waals surface area contributed by atoms with Crippen LogP contribution in [0.3, 0.4) is 0 Å². The van der Waals surface area contributed by atoms with Gasteiger partial charge in [-0.25, -0.2) is 4.98 Å². The summed E-state index contributed by atoms with van der Waals surface area (Å²) in [6.45, 7) is 0. The first-order valence-corrected chi connectivity index (χ1v) is 6.21. The van der Waals surface area contributed by atoms with Gasteiger partial charge in [0.05, 0.1) is 22.8 Å². The van der Waals surface area contributed by atoms with Gasteiger partial charge in [0.2, 0.25) is 0 Å². The number of aromatic nitrogens is 4. The SMILES string of the molecule is Cn1cc(/C=C(/C#N)c2nc3ccccc3n2C)cn1. The van der Waals surface area contributed by atoms with Crippen LogP contribution in [0.5, 0.6) is 0 Å². The average Bonchev–Trinajstić information content (AvgIpc) is 3.01. The molecule has 0 aliphatic carbocycles. The van der Waals surface area contributed by atoms with E-state index in [1.807, 2.05) is 49.1 Å². The van der Waals surface area contributed by atoms with E-state index < -0.39 is 0 Å². The maximum absolute atomic E-state index is 9.40. The predicted octanol–water partition coefficient (Wildman–Crippen LogP) is 2.37. The summed E-state index contributed by atoms with van der Waals surface area (Å²) in [5.74, 6) is 0.664. The zero-order chi connectivity index (χ0) is 14.1. The molecule has 0 atom stereocenters. The third kappa shape index (κ3) is 1.97. The molecule has 0 N–H and O–H groups in total. The molecule has 2 heterocycles. The van der Waals surface area contributed by atoms with Gasteiger partial charge >= 0.3 is 0 Å². The van der Waals surface area contributed by atoms with Crippen molar-refractivity contribution in [2.45, 2.75) is 0 Å². The summed E-state index contributed by atoms with van der Waals surface area (Å²) >= 11 is 0. The third-order valence-corrected chi connectivity index (χ3v) is 3.18. The van der Waals surface area contributed by atoms with Crippen LogP contribution in [0.15, 0.2) is 36.7 Å². The zero-order valence-corrected chi connectivity index (χ0v) is 11.3. The Morgan fingerprint density at radius 3 is 2.75 bits per heavy atom. The minimum absolute atomic E-state index is 0.525. The molecule has 0 bridgehead atoms. The largest absolute Gasteiger partial charge is 0.327 e. The molecule has 0 aliphatic rings. The van der Waals surface area contributed by atoms with Crippen LogP contribution in [0.4, 0.5) is 0 Å². The molecule has 3 aromatic rings. The number of rotatable bonds is 2. The second-order valence-electron chi connectivity index (χ2n) is 4.60. The molecule has 2 aromatic heterocycles. The maximum atomic E-state index is 9.40. The number of benzene rings is 1. The molecule has 98 valence electrons. The fourth-order valence-electron chi connectivity index (χ4n) is 2.21. The highest BCUT2D eigenvalue weighted by atomic mass is 15.2. The van der Waals surface area contributed by atoms with Gasteiger partial charge in [-0.05, 0) is 18.2 Å². The molecule has 0 unspecified atom stereocenters. The van der Waals surface area contributed by atoms with Crippen molar-refractivity contribution < 1.29 is 0 Å². The molecule has 3 rings (SSSR count). The molecular weight excluding hydrogens is 250 g/mol. The van der Waals surface area contributed by atoms with Crippen molar-refractivity contribution in [3.8, 4) is 6.07 Å². The summed E-state index contributed by atoms with van der Waals surface area (Å²) in [6, 6.07) is 10.1. The Balaban J connectivity index is 2.15. The Bertz CT molecular complexity index is 845. The van der Waals surface area contributed by atoms with Gasteiger partial charge < -0.3 is 4.57 Å². The maximum Gasteiger partial charge on any atom is 0.151 e. The van der Waals surface area contributed by atoms with E-state index in [4.69, 9.17) is 0 Å². The molecule has 5 heteroatoms. The smallest absolute Gasteiger partial charge is 0.151 e. The summed E-state index contributed by atoms with van der Waals surface area (Å²) in [5, 5.41) is 13.5. The van der Waals surface area contributed by atoms with Gasteiger partial charge in [0.15, 0.2) is 5.82 Å². The highest BCUT2D eigenvalue weighted by Crippen LogP contribution is 2.21. The van der Waals surface area contributed by atoms with Gasteiger partial charge in [-0.1, -0.05) is 12.1 Å². The Hall–Kier alpha value is -2.87. The van der Waals surface area contributed by atoms with Crippen LogP contribution in [-0.4, -0.2) is 19.3 Å². The zero-order valence-electron chi connectivity index (χ0n) is 11.3. The van der Waals surface area contributed by atoms with E-state index in [9.17, 15) is 5.26 Å². The minimum atomic E-state index is 0.525. The molecule has 20 heavy (non-hydrogen) atoms. The number of imidazole rings is 1. The molecule has 0 saturated carbocycles. The van der Waals surface area contributed by atoms with Crippen molar-refractivity contribution in [2.75, 3.05) is 0 Å². The van der Waals surface area contributed by atoms with Crippen molar-refractivity contribution in [1.82, 2.24) is 19.3 Å². The first kappa shape index (κ1) is 12.2. The molecule has 5 nitrogen and oxygen atoms in total. The summed E-state index contributed by atoms with van der Waals surface area (Å²) in [7, 11) is 3.76. The summed E-state index contributed by atoms with van der Waals surface area (Å²) in [5.41, 5.74) is 3.31. The highest BCUT2D eigenvalue weighted by Gasteiger charge is 2.11. The van der Waals surface area contributed by atoms with Crippen molar-refractivity contribution in [3.63, 3.8) is 0 Å². The van der Waals surface area contributed by atoms with Gasteiger partial charge in [0.25, 0.3) is 0 Å². The van der Waals surface area contributed by atoms with E-state index in [2.05, 4.69) is 16.2 Å². The topological polar surface area (TPSA) is 59.4 Å². The van der Waals surface area contributed by atoms with E-state index in [-0.39, 0.29) is 0 Å². The standard InChI is InChI=1S/C15H13N5/c1-19-10-11(9-17-19)7-12(8-16)15-18-13-5-3-4-6-14(13)20(15)2/h3-7,9-10H,1-2H3/b12-7-. The van der Waals surface area contributed by atoms with Crippen LogP contribution < -0.4 is 0 Å². The summed E-state index contributed by atoms with van der Waals surface area (Å²) < 4.78 is 3.64. The fourth-order valence-corrected chi connectivity index (χ4v) is 2.21. The van der Waals surface area contributed by atoms with E-state index in [0.717, 1.165) is 16.6 Å². The fraction of sp³-hybridized carbons (Fsp3) is 0.133. The van der Waals surface area contributed by atoms with Gasteiger partial charge in [0.1, 0.15) is 6.07 Å². The van der Waals surface area contributed by atoms with E-state index >= 15 is 0 Å². The predicted molar refractivity (Wildman–Crippen MR) is 77.4 cm³/mol. The Kier molecular flexibility index (Phi) is 2.84. The lowest BCUT2D eigenvalue weighted by molar-refractivity contribution is 0.767. The van der Waals surface area contributed by atoms with Crippen molar-refractivity contribution in [2.24, 2.45) is 14.1 Å². The third-order valence-electron chi connectivity index (χ3n) is 3.18. The van der Waals surface area contributed by atoms with E-state index in [1.165, 1.54) is 0 Å². The molecule has 1 aromatic carbocycles. The van der Waals surface area contributed by atoms with Crippen LogP contribution >= 0.6 is 0 Å². The Labute approximate surface area is 116 Å². The highest BCUT2D eigenvalue weighted by molar-refractivity contribution is 5.90. The van der Waals surface area contributed by atoms with Crippen LogP contribution in [0.25, 0.3) is 22.7 Å². The molecular formula is C15H13N5. The normalized spacial score (nSPS) is 11.8. The number of fused-ring (bicyclic) bond motifs is 1. The molecule has 0 spiro atoms. The number of hydrogen-bond donors (Lipinski definition) is 0. The van der Waals surface area contributed by atoms with Crippen molar-refractivity contribution in [3.05, 3.63) is 48.0 Å². The molecule has 0 radical (unpaired) electrons. The van der Waals surface area contributed by atoms with Crippen LogP contribution in [0.1, 0.15) is 11.4 Å². The number of allylic oxidation sites excluding steroid dienone is 1. The number of aryl methyl sites for hydroxylation is 2. The second kappa shape index (κ2) is 4.67. The number of hydrogen-bond acceptors (Lipinski definition) is 3. The molecule has 0 aliphatic heterocycles. The first-order valence-electron chi connectivity index (χ1n) is 6.21. The Morgan fingerprint density at radius 2 is 2.10 bits per heavy atom. The monoisotopic (exact) mass is 263 g/mol. The van der Waals surface area contributed by atoms with E-state index in [1.54, 1.807) is 17.0 Å². The number of para-hydroxylation sites is 2. The lowest BCUT2D eigenvalue weighted by Crippen LogP contribution is -1.95. The van der Waals surface area contributed by atoms with Gasteiger partial charge in [-0.3, -0.25) is 4.68 Å². The summed E-state index contributed by atoms with van der Waals surface area (Å²) in [6.07, 6.45) is 5.38. The van der Waals surface area contributed by atoms with E-state index in [0.29, 0.717) is 11.4 Å². The van der Waals surface area contributed by atoms with Gasteiger partial charge in [0, 0.05) is 25.9 Å². The average molecular weight is 263 g/mol. The Morgan fingerprint density at radius 1 is 1.30 bits per heavy atom. The lowest BCUT2D eigenvalue weighted by Gasteiger charge is -1.99. The minimum Gasteiger partial charge on any atom is -0.327 e. The molecule has 0 saturated heterocycles. The number of nitrogens with zero attached hydrogens (tertiary/aromatic N) is 5. The van der Waals surface area contributed by atoms with Crippen molar-refractivity contribution >= 4 is 22.7 Å².